The Bertz CT molecular complexity index is 1720. The number of amides is 1. The first-order valence-electron chi connectivity index (χ1n) is 11.1. The zero-order chi connectivity index (χ0) is 26.1. The lowest BCUT2D eigenvalue weighted by molar-refractivity contribution is 0.0977. The maximum absolute atomic E-state index is 14.7. The van der Waals surface area contributed by atoms with E-state index in [2.05, 4.69) is 25.6 Å². The summed E-state index contributed by atoms with van der Waals surface area (Å²) < 4.78 is 33.5. The smallest absolute Gasteiger partial charge is 0.278 e. The van der Waals surface area contributed by atoms with Crippen LogP contribution in [-0.2, 0) is 6.54 Å². The van der Waals surface area contributed by atoms with Gasteiger partial charge in [0.2, 0.25) is 0 Å². The number of aromatic amines is 1. The van der Waals surface area contributed by atoms with Crippen molar-refractivity contribution >= 4 is 50.4 Å². The SMILES string of the molecule is Nc1cccc(SNC(=O)c2c(-c3ccc[nH]c3=O)c3cc(Br)ccc3n2Cc2ccc(F)cc2F)c1. The molecule has 4 N–H and O–H groups in total. The van der Waals surface area contributed by atoms with Gasteiger partial charge in [0.25, 0.3) is 11.5 Å². The van der Waals surface area contributed by atoms with E-state index in [1.165, 1.54) is 18.3 Å². The van der Waals surface area contributed by atoms with Crippen molar-refractivity contribution in [2.24, 2.45) is 0 Å². The van der Waals surface area contributed by atoms with E-state index in [4.69, 9.17) is 5.73 Å². The summed E-state index contributed by atoms with van der Waals surface area (Å²) in [5.74, 6) is -1.94. The number of nitrogens with one attached hydrogen (secondary N) is 2. The third-order valence-electron chi connectivity index (χ3n) is 5.79. The average molecular weight is 581 g/mol. The van der Waals surface area contributed by atoms with Gasteiger partial charge < -0.3 is 15.3 Å². The molecule has 37 heavy (non-hydrogen) atoms. The number of H-pyrrole nitrogens is 1. The second-order valence-corrected chi connectivity index (χ2v) is 10.0. The largest absolute Gasteiger partial charge is 0.399 e. The zero-order valence-electron chi connectivity index (χ0n) is 19.1. The molecule has 0 spiro atoms. The molecule has 0 aliphatic rings. The number of carbonyl (C=O) groups excluding carboxylic acids is 1. The van der Waals surface area contributed by atoms with Crippen molar-refractivity contribution in [3.63, 3.8) is 0 Å². The van der Waals surface area contributed by atoms with Gasteiger partial charge >= 0.3 is 0 Å². The minimum atomic E-state index is -0.737. The zero-order valence-corrected chi connectivity index (χ0v) is 21.5. The van der Waals surface area contributed by atoms with Crippen LogP contribution in [0.5, 0.6) is 0 Å². The van der Waals surface area contributed by atoms with E-state index in [0.717, 1.165) is 22.5 Å². The quantitative estimate of drug-likeness (QED) is 0.167. The Morgan fingerprint density at radius 2 is 1.89 bits per heavy atom. The summed E-state index contributed by atoms with van der Waals surface area (Å²) in [6, 6.07) is 19.0. The molecule has 1 amide bonds. The van der Waals surface area contributed by atoms with Crippen LogP contribution < -0.4 is 16.0 Å². The third kappa shape index (κ3) is 5.03. The van der Waals surface area contributed by atoms with E-state index in [9.17, 15) is 18.4 Å². The van der Waals surface area contributed by atoms with Gasteiger partial charge in [0, 0.05) is 54.9 Å². The highest BCUT2D eigenvalue weighted by molar-refractivity contribution is 9.10. The topological polar surface area (TPSA) is 92.9 Å². The Morgan fingerprint density at radius 1 is 1.05 bits per heavy atom. The molecule has 6 nitrogen and oxygen atoms in total. The minimum absolute atomic E-state index is 0.0688. The molecule has 2 aromatic heterocycles. The predicted octanol–water partition coefficient (Wildman–Crippen LogP) is 6.10. The average Bonchev–Trinajstić information content (AvgIpc) is 3.17. The Hall–Kier alpha value is -3.89. The molecule has 2 heterocycles. The molecule has 0 unspecified atom stereocenters. The van der Waals surface area contributed by atoms with E-state index in [0.29, 0.717) is 27.0 Å². The number of hydrogen-bond donors (Lipinski definition) is 3. The lowest BCUT2D eigenvalue weighted by Crippen LogP contribution is -2.22. The molecule has 10 heteroatoms. The van der Waals surface area contributed by atoms with E-state index in [1.807, 2.05) is 0 Å². The second kappa shape index (κ2) is 10.2. The lowest BCUT2D eigenvalue weighted by atomic mass is 10.0. The lowest BCUT2D eigenvalue weighted by Gasteiger charge is -2.13. The van der Waals surface area contributed by atoms with Gasteiger partial charge in [0.05, 0.1) is 6.54 Å². The first-order valence-corrected chi connectivity index (χ1v) is 12.7. The molecule has 0 bridgehead atoms. The number of anilines is 1. The number of halogens is 3. The number of benzene rings is 3. The highest BCUT2D eigenvalue weighted by Crippen LogP contribution is 2.36. The number of aromatic nitrogens is 2. The number of pyridine rings is 1. The summed E-state index contributed by atoms with van der Waals surface area (Å²) >= 11 is 4.54. The van der Waals surface area contributed by atoms with Crippen molar-refractivity contribution in [3.8, 4) is 11.1 Å². The standard InChI is InChI=1S/C27H19BrF2N4O2S/c28-16-7-9-23-21(11-16)24(20-5-2-10-32-26(20)35)25(27(36)33-37-19-4-1-3-18(31)13-19)34(23)14-15-6-8-17(29)12-22(15)30/h1-13H,14,31H2,(H,32,35)(H,33,36). The third-order valence-corrected chi connectivity index (χ3v) is 7.06. The van der Waals surface area contributed by atoms with E-state index in [1.54, 1.807) is 59.2 Å². The summed E-state index contributed by atoms with van der Waals surface area (Å²) in [4.78, 5) is 30.0. The van der Waals surface area contributed by atoms with Crippen LogP contribution in [0.15, 0.2) is 93.2 Å². The van der Waals surface area contributed by atoms with Gasteiger partial charge in [-0.15, -0.1) is 0 Å². The van der Waals surface area contributed by atoms with Gasteiger partial charge in [-0.05, 0) is 66.5 Å². The summed E-state index contributed by atoms with van der Waals surface area (Å²) in [5, 5.41) is 0.618. The van der Waals surface area contributed by atoms with E-state index >= 15 is 0 Å². The van der Waals surface area contributed by atoms with Gasteiger partial charge in [-0.1, -0.05) is 28.1 Å². The summed E-state index contributed by atoms with van der Waals surface area (Å²) in [6.07, 6.45) is 1.50. The summed E-state index contributed by atoms with van der Waals surface area (Å²) in [6.45, 7) is -0.0688. The normalized spacial score (nSPS) is 11.1. The Balaban J connectivity index is 1.72. The molecule has 0 saturated heterocycles. The fraction of sp³-hybridized carbons (Fsp3) is 0.0370. The van der Waals surface area contributed by atoms with Gasteiger partial charge in [0.1, 0.15) is 17.3 Å². The molecule has 3 aromatic carbocycles. The van der Waals surface area contributed by atoms with Crippen LogP contribution in [0.4, 0.5) is 14.5 Å². The highest BCUT2D eigenvalue weighted by atomic mass is 79.9. The first-order chi connectivity index (χ1) is 17.8. The number of carbonyl (C=O) groups is 1. The van der Waals surface area contributed by atoms with Crippen molar-refractivity contribution in [2.45, 2.75) is 11.4 Å². The molecular formula is C27H19BrF2N4O2S. The van der Waals surface area contributed by atoms with Gasteiger partial charge in [-0.3, -0.25) is 14.3 Å². The fourth-order valence-electron chi connectivity index (χ4n) is 4.17. The van der Waals surface area contributed by atoms with Crippen LogP contribution in [0, 0.1) is 11.6 Å². The number of fused-ring (bicyclic) bond motifs is 1. The molecule has 5 aromatic rings. The van der Waals surface area contributed by atoms with Crippen molar-refractivity contribution < 1.29 is 13.6 Å². The molecule has 0 aliphatic carbocycles. The Kier molecular flexibility index (Phi) is 6.86. The van der Waals surface area contributed by atoms with Crippen LogP contribution in [0.3, 0.4) is 0 Å². The molecule has 5 rings (SSSR count). The van der Waals surface area contributed by atoms with Crippen LogP contribution in [0.25, 0.3) is 22.0 Å². The fourth-order valence-corrected chi connectivity index (χ4v) is 5.18. The molecule has 186 valence electrons. The van der Waals surface area contributed by atoms with Crippen LogP contribution in [0.1, 0.15) is 16.1 Å². The second-order valence-electron chi connectivity index (χ2n) is 8.23. The molecular weight excluding hydrogens is 562 g/mol. The molecule has 0 atom stereocenters. The van der Waals surface area contributed by atoms with Crippen molar-refractivity contribution in [1.82, 2.24) is 14.3 Å². The van der Waals surface area contributed by atoms with Crippen LogP contribution in [-0.4, -0.2) is 15.5 Å². The summed E-state index contributed by atoms with van der Waals surface area (Å²) in [5.41, 5.74) is 7.64. The highest BCUT2D eigenvalue weighted by Gasteiger charge is 2.26. The van der Waals surface area contributed by atoms with Crippen molar-refractivity contribution in [1.29, 1.82) is 0 Å². The molecule has 0 fully saturated rings. The van der Waals surface area contributed by atoms with Crippen LogP contribution >= 0.6 is 27.9 Å². The number of nitrogens with zero attached hydrogens (tertiary/aromatic N) is 1. The van der Waals surface area contributed by atoms with Gasteiger partial charge in [0.15, 0.2) is 0 Å². The number of hydrogen-bond acceptors (Lipinski definition) is 4. The Morgan fingerprint density at radius 3 is 2.65 bits per heavy atom. The maximum atomic E-state index is 14.7. The molecule has 0 radical (unpaired) electrons. The van der Waals surface area contributed by atoms with Gasteiger partial charge in [-0.25, -0.2) is 8.78 Å². The number of nitrogens with two attached hydrogens (primary N) is 1. The van der Waals surface area contributed by atoms with E-state index in [-0.39, 0.29) is 28.9 Å². The van der Waals surface area contributed by atoms with Crippen LogP contribution in [0.2, 0.25) is 0 Å². The number of nitrogen functional groups attached to an aromatic ring is 1. The van der Waals surface area contributed by atoms with Crippen molar-refractivity contribution in [3.05, 3.63) is 117 Å². The first kappa shape index (κ1) is 24.8. The Labute approximate surface area is 222 Å². The maximum Gasteiger partial charge on any atom is 0.278 e. The monoisotopic (exact) mass is 580 g/mol. The summed E-state index contributed by atoms with van der Waals surface area (Å²) in [7, 11) is 0. The van der Waals surface area contributed by atoms with E-state index < -0.39 is 17.5 Å². The number of rotatable bonds is 6. The predicted molar refractivity (Wildman–Crippen MR) is 145 cm³/mol. The molecule has 0 aliphatic heterocycles. The molecule has 0 saturated carbocycles. The van der Waals surface area contributed by atoms with Gasteiger partial charge in [-0.2, -0.15) is 0 Å². The minimum Gasteiger partial charge on any atom is -0.399 e. The van der Waals surface area contributed by atoms with Crippen molar-refractivity contribution in [2.75, 3.05) is 5.73 Å².